The van der Waals surface area contributed by atoms with Gasteiger partial charge in [-0.25, -0.2) is 4.79 Å². The summed E-state index contributed by atoms with van der Waals surface area (Å²) in [5, 5.41) is 0. The van der Waals surface area contributed by atoms with Crippen LogP contribution in [0.5, 0.6) is 11.5 Å². The second-order valence-electron chi connectivity index (χ2n) is 9.46. The van der Waals surface area contributed by atoms with Gasteiger partial charge in [0, 0.05) is 12.1 Å². The van der Waals surface area contributed by atoms with E-state index in [1.807, 2.05) is 13.8 Å². The Balaban J connectivity index is 1.77. The number of hydrogen-bond acceptors (Lipinski definition) is 7. The molecule has 0 saturated heterocycles. The average molecular weight is 609 g/mol. The van der Waals surface area contributed by atoms with Gasteiger partial charge in [0.25, 0.3) is 0 Å². The number of hydrogen-bond donors (Lipinski definition) is 1. The van der Waals surface area contributed by atoms with Gasteiger partial charge in [0.05, 0.1) is 11.4 Å². The second-order valence-corrected chi connectivity index (χ2v) is 12.6. The fourth-order valence-corrected chi connectivity index (χ4v) is 6.34. The smallest absolute Gasteiger partial charge is 0.339 e. The third-order valence-corrected chi connectivity index (χ3v) is 8.84. The Morgan fingerprint density at radius 2 is 1.02 bits per heavy atom. The van der Waals surface area contributed by atoms with Crippen molar-refractivity contribution in [1.82, 2.24) is 0 Å². The van der Waals surface area contributed by atoms with Gasteiger partial charge in [0.15, 0.2) is 0 Å². The molecule has 0 spiro atoms. The summed E-state index contributed by atoms with van der Waals surface area (Å²) in [5.74, 6) is 0.102. The zero-order chi connectivity index (χ0) is 30.3. The van der Waals surface area contributed by atoms with Crippen LogP contribution in [0.4, 0.5) is 16.2 Å². The van der Waals surface area contributed by atoms with Crippen molar-refractivity contribution in [3.8, 4) is 11.5 Å². The highest BCUT2D eigenvalue weighted by molar-refractivity contribution is 7.87. The van der Waals surface area contributed by atoms with E-state index in [-0.39, 0.29) is 32.7 Å². The molecule has 0 aliphatic rings. The lowest BCUT2D eigenvalue weighted by atomic mass is 10.1. The number of rotatable bonds is 12. The molecular formula is C31H32N2O7S2. The van der Waals surface area contributed by atoms with Gasteiger partial charge in [-0.1, -0.05) is 75.2 Å². The van der Waals surface area contributed by atoms with Gasteiger partial charge in [-0.3, -0.25) is 4.90 Å². The fraction of sp³-hybridized carbons (Fsp3) is 0.194. The van der Waals surface area contributed by atoms with Crippen molar-refractivity contribution in [2.75, 3.05) is 4.90 Å². The molecule has 11 heteroatoms. The van der Waals surface area contributed by atoms with Gasteiger partial charge in [-0.05, 0) is 60.4 Å². The SMILES string of the molecule is CCCc1ccc(N(C(N)=O)c2ccc(CCC)c(OS(=O)(=O)c3ccccc3)c2)cc1OS(=O)(=O)c1ccccc1. The number of carbonyl (C=O) groups is 1. The van der Waals surface area contributed by atoms with Crippen LogP contribution in [0.1, 0.15) is 37.8 Å². The zero-order valence-corrected chi connectivity index (χ0v) is 24.9. The van der Waals surface area contributed by atoms with Gasteiger partial charge in [-0.2, -0.15) is 16.8 Å². The number of urea groups is 1. The van der Waals surface area contributed by atoms with Crippen LogP contribution in [-0.4, -0.2) is 22.9 Å². The van der Waals surface area contributed by atoms with Crippen LogP contribution in [0.2, 0.25) is 0 Å². The van der Waals surface area contributed by atoms with E-state index < -0.39 is 26.3 Å². The summed E-state index contributed by atoms with van der Waals surface area (Å²) in [5.41, 5.74) is 7.50. The number of amides is 2. The van der Waals surface area contributed by atoms with Crippen molar-refractivity contribution in [2.24, 2.45) is 5.73 Å². The van der Waals surface area contributed by atoms with Crippen LogP contribution in [0, 0.1) is 0 Å². The van der Waals surface area contributed by atoms with Crippen molar-refractivity contribution in [3.05, 3.63) is 108 Å². The molecular weight excluding hydrogens is 576 g/mol. The molecule has 0 bridgehead atoms. The molecule has 0 fully saturated rings. The quantitative estimate of drug-likeness (QED) is 0.185. The largest absolute Gasteiger partial charge is 0.379 e. The Bertz CT molecular complexity index is 1630. The first-order valence-corrected chi connectivity index (χ1v) is 16.2. The molecule has 0 heterocycles. The Hall–Kier alpha value is -4.35. The average Bonchev–Trinajstić information content (AvgIpc) is 2.96. The lowest BCUT2D eigenvalue weighted by molar-refractivity contribution is 0.256. The van der Waals surface area contributed by atoms with Gasteiger partial charge < -0.3 is 14.1 Å². The molecule has 4 aromatic rings. The van der Waals surface area contributed by atoms with Gasteiger partial charge in [-0.15, -0.1) is 0 Å². The molecule has 2 N–H and O–H groups in total. The summed E-state index contributed by atoms with van der Waals surface area (Å²) in [6.07, 6.45) is 2.49. The Morgan fingerprint density at radius 1 is 0.643 bits per heavy atom. The Kier molecular flexibility index (Phi) is 9.54. The highest BCUT2D eigenvalue weighted by atomic mass is 32.2. The van der Waals surface area contributed by atoms with Crippen LogP contribution in [0.15, 0.2) is 107 Å². The normalized spacial score (nSPS) is 11.6. The predicted molar refractivity (Wildman–Crippen MR) is 161 cm³/mol. The molecule has 42 heavy (non-hydrogen) atoms. The number of benzene rings is 4. The molecule has 0 aliphatic carbocycles. The van der Waals surface area contributed by atoms with E-state index in [2.05, 4.69) is 0 Å². The number of anilines is 2. The summed E-state index contributed by atoms with van der Waals surface area (Å²) in [4.78, 5) is 13.9. The van der Waals surface area contributed by atoms with Gasteiger partial charge in [0.1, 0.15) is 21.3 Å². The molecule has 4 aromatic carbocycles. The highest BCUT2D eigenvalue weighted by Gasteiger charge is 2.24. The molecule has 2 amide bonds. The van der Waals surface area contributed by atoms with Crippen molar-refractivity contribution in [1.29, 1.82) is 0 Å². The second kappa shape index (κ2) is 13.1. The summed E-state index contributed by atoms with van der Waals surface area (Å²) in [6, 6.07) is 24.0. The minimum atomic E-state index is -4.17. The molecule has 9 nitrogen and oxygen atoms in total. The van der Waals surface area contributed by atoms with E-state index in [1.165, 1.54) is 36.4 Å². The number of aryl methyl sites for hydroxylation is 2. The third kappa shape index (κ3) is 7.10. The van der Waals surface area contributed by atoms with Crippen molar-refractivity contribution in [3.63, 3.8) is 0 Å². The van der Waals surface area contributed by atoms with E-state index in [0.717, 1.165) is 17.7 Å². The number of primary amides is 1. The molecule has 4 rings (SSSR count). The predicted octanol–water partition coefficient (Wildman–Crippen LogP) is 6.34. The molecule has 220 valence electrons. The zero-order valence-electron chi connectivity index (χ0n) is 23.3. The maximum absolute atomic E-state index is 13.0. The third-order valence-electron chi connectivity index (χ3n) is 6.34. The van der Waals surface area contributed by atoms with Crippen molar-refractivity contribution >= 4 is 37.6 Å². The van der Waals surface area contributed by atoms with Crippen LogP contribution >= 0.6 is 0 Å². The van der Waals surface area contributed by atoms with E-state index in [4.69, 9.17) is 14.1 Å². The van der Waals surface area contributed by atoms with Crippen LogP contribution in [-0.2, 0) is 33.1 Å². The minimum absolute atomic E-state index is 0.0162. The fourth-order valence-electron chi connectivity index (χ4n) is 4.38. The molecule has 0 unspecified atom stereocenters. The monoisotopic (exact) mass is 608 g/mol. The molecule has 0 aliphatic heterocycles. The molecule has 0 radical (unpaired) electrons. The van der Waals surface area contributed by atoms with E-state index in [9.17, 15) is 21.6 Å². The minimum Gasteiger partial charge on any atom is -0.379 e. The first-order valence-electron chi connectivity index (χ1n) is 13.4. The summed E-state index contributed by atoms with van der Waals surface area (Å²) < 4.78 is 63.3. The Labute approximate surface area is 246 Å². The number of nitrogens with zero attached hydrogens (tertiary/aromatic N) is 1. The number of nitrogens with two attached hydrogens (primary N) is 1. The summed E-state index contributed by atoms with van der Waals surface area (Å²) >= 11 is 0. The topological polar surface area (TPSA) is 133 Å². The van der Waals surface area contributed by atoms with Crippen LogP contribution in [0.25, 0.3) is 0 Å². The number of carbonyl (C=O) groups excluding carboxylic acids is 1. The molecule has 0 aromatic heterocycles. The van der Waals surface area contributed by atoms with E-state index in [0.29, 0.717) is 24.0 Å². The van der Waals surface area contributed by atoms with Crippen LogP contribution in [0.3, 0.4) is 0 Å². The van der Waals surface area contributed by atoms with Crippen LogP contribution < -0.4 is 19.0 Å². The Morgan fingerprint density at radius 3 is 1.36 bits per heavy atom. The summed E-state index contributed by atoms with van der Waals surface area (Å²) in [7, 11) is -8.34. The van der Waals surface area contributed by atoms with Crippen molar-refractivity contribution < 1.29 is 30.0 Å². The van der Waals surface area contributed by atoms with Gasteiger partial charge >= 0.3 is 26.3 Å². The summed E-state index contributed by atoms with van der Waals surface area (Å²) in [6.45, 7) is 3.89. The lowest BCUT2D eigenvalue weighted by Gasteiger charge is -2.23. The molecule has 0 atom stereocenters. The van der Waals surface area contributed by atoms with E-state index in [1.54, 1.807) is 60.7 Å². The van der Waals surface area contributed by atoms with Crippen molar-refractivity contribution in [2.45, 2.75) is 49.3 Å². The standard InChI is InChI=1S/C31H32N2O7S2/c1-3-11-23-17-19-25(21-29(23)39-41(35,36)27-13-7-5-8-14-27)33(31(32)34)26-20-18-24(12-4-2)30(22-26)40-42(37,38)28-15-9-6-10-16-28/h5-10,13-22H,3-4,11-12H2,1-2H3,(H2,32,34). The molecule has 0 saturated carbocycles. The highest BCUT2D eigenvalue weighted by Crippen LogP contribution is 2.36. The first-order chi connectivity index (χ1) is 20.1. The first kappa shape index (κ1) is 30.6. The lowest BCUT2D eigenvalue weighted by Crippen LogP contribution is -2.31. The maximum atomic E-state index is 13.0. The maximum Gasteiger partial charge on any atom is 0.339 e. The van der Waals surface area contributed by atoms with E-state index >= 15 is 0 Å². The van der Waals surface area contributed by atoms with Gasteiger partial charge in [0.2, 0.25) is 0 Å².